The second-order valence-electron chi connectivity index (χ2n) is 3.68. The van der Waals surface area contributed by atoms with Crippen molar-refractivity contribution in [1.82, 2.24) is 10.2 Å². The van der Waals surface area contributed by atoms with Crippen LogP contribution in [0.5, 0.6) is 5.75 Å². The summed E-state index contributed by atoms with van der Waals surface area (Å²) in [6.07, 6.45) is 0.928. The summed E-state index contributed by atoms with van der Waals surface area (Å²) in [5.41, 5.74) is 8.94. The van der Waals surface area contributed by atoms with E-state index < -0.39 is 0 Å². The zero-order chi connectivity index (χ0) is 12.4. The van der Waals surface area contributed by atoms with Gasteiger partial charge in [-0.25, -0.2) is 0 Å². The van der Waals surface area contributed by atoms with Crippen molar-refractivity contribution >= 4 is 28.4 Å². The van der Waals surface area contributed by atoms with Gasteiger partial charge in [0.2, 0.25) is 0 Å². The number of benzene rings is 1. The van der Waals surface area contributed by atoms with Crippen molar-refractivity contribution in [2.45, 2.75) is 13.3 Å². The Morgan fingerprint density at radius 3 is 2.76 bits per heavy atom. The lowest BCUT2D eigenvalue weighted by molar-refractivity contribution is 0.410. The number of aromatic nitrogens is 2. The maximum atomic E-state index is 5.73. The van der Waals surface area contributed by atoms with Crippen LogP contribution in [0.2, 0.25) is 0 Å². The van der Waals surface area contributed by atoms with Crippen molar-refractivity contribution in [1.29, 1.82) is 0 Å². The third kappa shape index (κ3) is 2.24. The van der Waals surface area contributed by atoms with Gasteiger partial charge in [-0.15, -0.1) is 0 Å². The van der Waals surface area contributed by atoms with Crippen molar-refractivity contribution in [3.8, 4) is 17.0 Å². The van der Waals surface area contributed by atoms with Crippen LogP contribution >= 0.6 is 22.6 Å². The highest BCUT2D eigenvalue weighted by Crippen LogP contribution is 2.30. The van der Waals surface area contributed by atoms with Crippen LogP contribution < -0.4 is 10.5 Å². The van der Waals surface area contributed by atoms with Gasteiger partial charge in [-0.05, 0) is 52.8 Å². The first-order valence-corrected chi connectivity index (χ1v) is 6.41. The molecule has 2 rings (SSSR count). The summed E-state index contributed by atoms with van der Waals surface area (Å²) < 4.78 is 6.26. The second-order valence-corrected chi connectivity index (χ2v) is 4.76. The van der Waals surface area contributed by atoms with Gasteiger partial charge in [0.25, 0.3) is 0 Å². The highest BCUT2D eigenvalue weighted by atomic mass is 127. The summed E-state index contributed by atoms with van der Waals surface area (Å²) >= 11 is 2.20. The largest absolute Gasteiger partial charge is 0.496 e. The normalized spacial score (nSPS) is 10.5. The Balaban J connectivity index is 2.50. The first-order chi connectivity index (χ1) is 8.17. The fraction of sp³-hybridized carbons (Fsp3) is 0.250. The van der Waals surface area contributed by atoms with Gasteiger partial charge in [-0.1, -0.05) is 6.92 Å². The minimum atomic E-state index is 0.537. The fourth-order valence-corrected chi connectivity index (χ4v) is 2.30. The standard InChI is InChI=1S/C12H14IN3O/c1-3-7-6-8(4-5-9(7)17-2)11-10(13)12(14)16-15-11/h4-6H,3H2,1-2H3,(H3,14,15,16). The molecule has 5 heteroatoms. The fourth-order valence-electron chi connectivity index (χ4n) is 1.74. The molecule has 2 aromatic rings. The molecule has 1 aromatic heterocycles. The summed E-state index contributed by atoms with van der Waals surface area (Å²) in [6.45, 7) is 2.11. The molecule has 0 unspecified atom stereocenters. The number of ether oxygens (including phenoxy) is 1. The van der Waals surface area contributed by atoms with Gasteiger partial charge in [-0.3, -0.25) is 5.10 Å². The molecule has 90 valence electrons. The Labute approximate surface area is 114 Å². The number of aryl methyl sites for hydroxylation is 1. The molecule has 0 radical (unpaired) electrons. The number of H-pyrrole nitrogens is 1. The maximum Gasteiger partial charge on any atom is 0.159 e. The van der Waals surface area contributed by atoms with Crippen molar-refractivity contribution in [2.24, 2.45) is 0 Å². The van der Waals surface area contributed by atoms with E-state index in [2.05, 4.69) is 45.8 Å². The van der Waals surface area contributed by atoms with E-state index >= 15 is 0 Å². The summed E-state index contributed by atoms with van der Waals surface area (Å²) in [4.78, 5) is 0. The molecule has 1 aromatic carbocycles. The molecule has 0 saturated heterocycles. The average Bonchev–Trinajstić information content (AvgIpc) is 2.69. The monoisotopic (exact) mass is 343 g/mol. The van der Waals surface area contributed by atoms with E-state index in [-0.39, 0.29) is 0 Å². The number of nitrogens with zero attached hydrogens (tertiary/aromatic N) is 1. The number of rotatable bonds is 3. The molecular formula is C12H14IN3O. The van der Waals surface area contributed by atoms with Crippen LogP contribution in [0.15, 0.2) is 18.2 Å². The van der Waals surface area contributed by atoms with Crippen LogP contribution in [0.25, 0.3) is 11.3 Å². The Bertz CT molecular complexity index is 537. The number of nitrogens with one attached hydrogen (secondary N) is 1. The van der Waals surface area contributed by atoms with Gasteiger partial charge in [0.15, 0.2) is 5.82 Å². The van der Waals surface area contributed by atoms with Crippen LogP contribution in [0.3, 0.4) is 0 Å². The Kier molecular flexibility index (Phi) is 3.56. The van der Waals surface area contributed by atoms with Gasteiger partial charge in [0, 0.05) is 5.56 Å². The number of methoxy groups -OCH3 is 1. The molecule has 0 aliphatic rings. The van der Waals surface area contributed by atoms with E-state index in [1.807, 2.05) is 12.1 Å². The van der Waals surface area contributed by atoms with Crippen LogP contribution in [-0.2, 0) is 6.42 Å². The van der Waals surface area contributed by atoms with E-state index in [1.54, 1.807) is 7.11 Å². The van der Waals surface area contributed by atoms with Gasteiger partial charge >= 0.3 is 0 Å². The highest BCUT2D eigenvalue weighted by molar-refractivity contribution is 14.1. The van der Waals surface area contributed by atoms with E-state index in [0.717, 1.165) is 27.0 Å². The van der Waals surface area contributed by atoms with Gasteiger partial charge < -0.3 is 10.5 Å². The number of aromatic amines is 1. The van der Waals surface area contributed by atoms with E-state index in [0.29, 0.717) is 5.82 Å². The lowest BCUT2D eigenvalue weighted by atomic mass is 10.1. The SMILES string of the molecule is CCc1cc(-c2[nH]nc(N)c2I)ccc1OC. The molecule has 0 fully saturated rings. The molecule has 0 aliphatic heterocycles. The summed E-state index contributed by atoms with van der Waals surface area (Å²) in [6, 6.07) is 6.09. The Hall–Kier alpha value is -1.24. The molecule has 4 nitrogen and oxygen atoms in total. The first-order valence-electron chi connectivity index (χ1n) is 5.34. The summed E-state index contributed by atoms with van der Waals surface area (Å²) in [7, 11) is 1.69. The van der Waals surface area contributed by atoms with Crippen LogP contribution in [0, 0.1) is 3.57 Å². The minimum Gasteiger partial charge on any atom is -0.496 e. The topological polar surface area (TPSA) is 63.9 Å². The van der Waals surface area contributed by atoms with E-state index in [9.17, 15) is 0 Å². The lowest BCUT2D eigenvalue weighted by Crippen LogP contribution is -1.92. The third-order valence-electron chi connectivity index (χ3n) is 2.68. The van der Waals surface area contributed by atoms with Crippen LogP contribution in [0.1, 0.15) is 12.5 Å². The predicted octanol–water partition coefficient (Wildman–Crippen LogP) is 2.83. The third-order valence-corrected chi connectivity index (χ3v) is 3.77. The molecule has 3 N–H and O–H groups in total. The van der Waals surface area contributed by atoms with Crippen LogP contribution in [0.4, 0.5) is 5.82 Å². The van der Waals surface area contributed by atoms with Crippen molar-refractivity contribution in [2.75, 3.05) is 12.8 Å². The molecule has 0 atom stereocenters. The number of nitrogens with two attached hydrogens (primary N) is 1. The van der Waals surface area contributed by atoms with Crippen molar-refractivity contribution < 1.29 is 4.74 Å². The smallest absolute Gasteiger partial charge is 0.159 e. The Morgan fingerprint density at radius 2 is 2.24 bits per heavy atom. The molecule has 0 amide bonds. The molecule has 0 saturated carbocycles. The zero-order valence-electron chi connectivity index (χ0n) is 9.75. The second kappa shape index (κ2) is 4.95. The molecule has 0 bridgehead atoms. The van der Waals surface area contributed by atoms with Gasteiger partial charge in [0.05, 0.1) is 16.4 Å². The average molecular weight is 343 g/mol. The molecule has 1 heterocycles. The summed E-state index contributed by atoms with van der Waals surface area (Å²) in [5.74, 6) is 1.45. The molecule has 0 spiro atoms. The van der Waals surface area contributed by atoms with Gasteiger partial charge in [0.1, 0.15) is 5.75 Å². The highest BCUT2D eigenvalue weighted by Gasteiger charge is 2.11. The lowest BCUT2D eigenvalue weighted by Gasteiger charge is -2.08. The van der Waals surface area contributed by atoms with Crippen molar-refractivity contribution in [3.05, 3.63) is 27.3 Å². The molecule has 17 heavy (non-hydrogen) atoms. The number of hydrogen-bond donors (Lipinski definition) is 2. The minimum absolute atomic E-state index is 0.537. The van der Waals surface area contributed by atoms with Crippen molar-refractivity contribution in [3.63, 3.8) is 0 Å². The number of anilines is 1. The molecular weight excluding hydrogens is 329 g/mol. The summed E-state index contributed by atoms with van der Waals surface area (Å²) in [5, 5.41) is 6.96. The van der Waals surface area contributed by atoms with Crippen LogP contribution in [-0.4, -0.2) is 17.3 Å². The van der Waals surface area contributed by atoms with E-state index in [4.69, 9.17) is 10.5 Å². The van der Waals surface area contributed by atoms with E-state index in [1.165, 1.54) is 5.56 Å². The number of hydrogen-bond acceptors (Lipinski definition) is 3. The molecule has 0 aliphatic carbocycles. The maximum absolute atomic E-state index is 5.73. The first kappa shape index (κ1) is 12.2. The number of nitrogen functional groups attached to an aromatic ring is 1. The predicted molar refractivity (Wildman–Crippen MR) is 77.1 cm³/mol. The van der Waals surface area contributed by atoms with Gasteiger partial charge in [-0.2, -0.15) is 5.10 Å². The quantitative estimate of drug-likeness (QED) is 0.843. The Morgan fingerprint density at radius 1 is 1.47 bits per heavy atom. The number of halogens is 1. The zero-order valence-corrected chi connectivity index (χ0v) is 11.9.